The molecule has 0 spiro atoms. The van der Waals surface area contributed by atoms with Crippen LogP contribution in [0, 0.1) is 0 Å². The van der Waals surface area contributed by atoms with E-state index in [1.807, 2.05) is 18.2 Å². The second-order valence-electron chi connectivity index (χ2n) is 6.79. The van der Waals surface area contributed by atoms with Crippen LogP contribution in [0.2, 0.25) is 0 Å². The van der Waals surface area contributed by atoms with Gasteiger partial charge in [-0.3, -0.25) is 4.98 Å². The van der Waals surface area contributed by atoms with Gasteiger partial charge in [0.1, 0.15) is 0 Å². The Balaban J connectivity index is 1.69. The fourth-order valence-electron chi connectivity index (χ4n) is 2.49. The fraction of sp³-hybridized carbons (Fsp3) is 0.562. The Morgan fingerprint density at radius 1 is 1.29 bits per heavy atom. The Morgan fingerprint density at radius 3 is 2.52 bits per heavy atom. The van der Waals surface area contributed by atoms with Gasteiger partial charge < -0.3 is 14.6 Å². The first kappa shape index (κ1) is 14.8. The molecule has 112 valence electrons. The minimum atomic E-state index is -0.317. The first-order valence-electron chi connectivity index (χ1n) is 7.61. The molecule has 0 bridgehead atoms. The van der Waals surface area contributed by atoms with E-state index in [4.69, 9.17) is 9.31 Å². The average molecular weight is 286 g/mol. The molecule has 3 rings (SSSR count). The molecule has 3 heterocycles. The van der Waals surface area contributed by atoms with Crippen LogP contribution in [0.4, 0.5) is 0 Å². The zero-order valence-electron chi connectivity index (χ0n) is 13.2. The summed E-state index contributed by atoms with van der Waals surface area (Å²) >= 11 is 0. The summed E-state index contributed by atoms with van der Waals surface area (Å²) in [6, 6.07) is 4.68. The smallest absolute Gasteiger partial charge is 0.400 e. The van der Waals surface area contributed by atoms with Gasteiger partial charge in [-0.25, -0.2) is 0 Å². The second-order valence-corrected chi connectivity index (χ2v) is 6.79. The summed E-state index contributed by atoms with van der Waals surface area (Å²) in [4.78, 5) is 4.39. The standard InChI is InChI=1S/C16H23BN2O2/c1-15(2)16(3,4)21-17(20-15)8-5-13-11-12(6-9-18-13)14-7-10-19-14/h5-6,8-9,11,14,19H,7,10H2,1-4H3/b8-5+. The molecule has 5 heteroatoms. The number of aromatic nitrogens is 1. The summed E-state index contributed by atoms with van der Waals surface area (Å²) in [5, 5.41) is 3.41. The molecule has 1 aromatic rings. The van der Waals surface area contributed by atoms with Crippen LogP contribution in [0.1, 0.15) is 51.4 Å². The molecular weight excluding hydrogens is 263 g/mol. The van der Waals surface area contributed by atoms with E-state index in [1.165, 1.54) is 12.0 Å². The number of hydrogen-bond donors (Lipinski definition) is 1. The van der Waals surface area contributed by atoms with Crippen LogP contribution in [-0.2, 0) is 9.31 Å². The van der Waals surface area contributed by atoms with Crippen LogP contribution in [0.25, 0.3) is 6.08 Å². The van der Waals surface area contributed by atoms with Crippen molar-refractivity contribution in [2.45, 2.75) is 51.4 Å². The quantitative estimate of drug-likeness (QED) is 0.868. The Labute approximate surface area is 127 Å². The zero-order valence-corrected chi connectivity index (χ0v) is 13.2. The lowest BCUT2D eigenvalue weighted by atomic mass is 9.89. The second kappa shape index (κ2) is 5.23. The first-order chi connectivity index (χ1) is 9.87. The molecule has 1 aromatic heterocycles. The Bertz CT molecular complexity index is 537. The fourth-order valence-corrected chi connectivity index (χ4v) is 2.49. The van der Waals surface area contributed by atoms with Crippen molar-refractivity contribution in [1.82, 2.24) is 10.3 Å². The summed E-state index contributed by atoms with van der Waals surface area (Å²) in [6.45, 7) is 9.33. The van der Waals surface area contributed by atoms with Crippen molar-refractivity contribution in [2.75, 3.05) is 6.54 Å². The van der Waals surface area contributed by atoms with E-state index in [0.29, 0.717) is 6.04 Å². The maximum absolute atomic E-state index is 5.95. The number of rotatable bonds is 3. The van der Waals surface area contributed by atoms with Crippen LogP contribution in [0.3, 0.4) is 0 Å². The number of hydrogen-bond acceptors (Lipinski definition) is 4. The lowest BCUT2D eigenvalue weighted by Gasteiger charge is -2.32. The lowest BCUT2D eigenvalue weighted by Crippen LogP contribution is -2.41. The maximum atomic E-state index is 5.95. The molecule has 0 amide bonds. The third-order valence-corrected chi connectivity index (χ3v) is 4.73. The average Bonchev–Trinajstić information content (AvgIpc) is 2.54. The molecule has 2 aliphatic rings. The molecule has 21 heavy (non-hydrogen) atoms. The highest BCUT2D eigenvalue weighted by atomic mass is 16.7. The van der Waals surface area contributed by atoms with Crippen molar-refractivity contribution in [3.05, 3.63) is 35.6 Å². The van der Waals surface area contributed by atoms with E-state index < -0.39 is 0 Å². The van der Waals surface area contributed by atoms with Crippen molar-refractivity contribution >= 4 is 13.2 Å². The minimum absolute atomic E-state index is 0.298. The zero-order chi connectivity index (χ0) is 15.1. The summed E-state index contributed by atoms with van der Waals surface area (Å²) in [6.07, 6.45) is 5.04. The van der Waals surface area contributed by atoms with Gasteiger partial charge in [0.05, 0.1) is 16.9 Å². The molecule has 0 saturated carbocycles. The SMILES string of the molecule is CC1(C)OB(/C=C/c2cc(C3CCN3)ccn2)OC1(C)C. The van der Waals surface area contributed by atoms with Crippen LogP contribution in [-0.4, -0.2) is 29.8 Å². The van der Waals surface area contributed by atoms with Crippen molar-refractivity contribution in [3.63, 3.8) is 0 Å². The van der Waals surface area contributed by atoms with Gasteiger partial charge in [-0.05, 0) is 64.4 Å². The van der Waals surface area contributed by atoms with E-state index in [0.717, 1.165) is 12.2 Å². The van der Waals surface area contributed by atoms with Crippen LogP contribution >= 0.6 is 0 Å². The van der Waals surface area contributed by atoms with Gasteiger partial charge in [0, 0.05) is 12.2 Å². The lowest BCUT2D eigenvalue weighted by molar-refractivity contribution is 0.00578. The molecular formula is C16H23BN2O2. The Hall–Kier alpha value is -1.17. The van der Waals surface area contributed by atoms with Gasteiger partial charge in [-0.15, -0.1) is 0 Å². The molecule has 2 fully saturated rings. The third kappa shape index (κ3) is 2.91. The first-order valence-corrected chi connectivity index (χ1v) is 7.61. The molecule has 0 aromatic carbocycles. The van der Waals surface area contributed by atoms with Crippen molar-refractivity contribution in [2.24, 2.45) is 0 Å². The van der Waals surface area contributed by atoms with Gasteiger partial charge in [0.2, 0.25) is 0 Å². The topological polar surface area (TPSA) is 43.4 Å². The number of nitrogens with one attached hydrogen (secondary N) is 1. The van der Waals surface area contributed by atoms with E-state index in [9.17, 15) is 0 Å². The van der Waals surface area contributed by atoms with E-state index in [1.54, 1.807) is 0 Å². The monoisotopic (exact) mass is 286 g/mol. The highest BCUT2D eigenvalue weighted by Crippen LogP contribution is 2.37. The molecule has 0 radical (unpaired) electrons. The van der Waals surface area contributed by atoms with Gasteiger partial charge in [-0.2, -0.15) is 0 Å². The van der Waals surface area contributed by atoms with Gasteiger partial charge in [0.25, 0.3) is 0 Å². The van der Waals surface area contributed by atoms with Crippen LogP contribution in [0.5, 0.6) is 0 Å². The molecule has 0 aliphatic carbocycles. The summed E-state index contributed by atoms with van der Waals surface area (Å²) < 4.78 is 11.9. The number of nitrogens with zero attached hydrogens (tertiary/aromatic N) is 1. The molecule has 4 nitrogen and oxygen atoms in total. The summed E-state index contributed by atoms with van der Waals surface area (Å²) in [5.41, 5.74) is 1.64. The molecule has 1 atom stereocenters. The van der Waals surface area contributed by atoms with Crippen LogP contribution < -0.4 is 5.32 Å². The van der Waals surface area contributed by atoms with E-state index >= 15 is 0 Å². The highest BCUT2D eigenvalue weighted by molar-refractivity contribution is 6.52. The number of pyridine rings is 1. The van der Waals surface area contributed by atoms with Crippen molar-refractivity contribution in [3.8, 4) is 0 Å². The molecule has 2 saturated heterocycles. The molecule has 1 unspecified atom stereocenters. The van der Waals surface area contributed by atoms with Gasteiger partial charge in [0.15, 0.2) is 0 Å². The van der Waals surface area contributed by atoms with Crippen LogP contribution in [0.15, 0.2) is 24.3 Å². The third-order valence-electron chi connectivity index (χ3n) is 4.73. The van der Waals surface area contributed by atoms with E-state index in [-0.39, 0.29) is 18.3 Å². The Morgan fingerprint density at radius 2 is 1.95 bits per heavy atom. The maximum Gasteiger partial charge on any atom is 0.487 e. The highest BCUT2D eigenvalue weighted by Gasteiger charge is 2.50. The molecule has 2 aliphatic heterocycles. The molecule has 1 N–H and O–H groups in total. The summed E-state index contributed by atoms with van der Waals surface area (Å²) in [5.74, 6) is 1.94. The van der Waals surface area contributed by atoms with Gasteiger partial charge in [-0.1, -0.05) is 5.98 Å². The predicted octanol–water partition coefficient (Wildman–Crippen LogP) is 2.76. The minimum Gasteiger partial charge on any atom is -0.400 e. The van der Waals surface area contributed by atoms with Crippen molar-refractivity contribution in [1.29, 1.82) is 0 Å². The summed E-state index contributed by atoms with van der Waals surface area (Å²) in [7, 11) is -0.317. The largest absolute Gasteiger partial charge is 0.487 e. The predicted molar refractivity (Wildman–Crippen MR) is 84.7 cm³/mol. The van der Waals surface area contributed by atoms with E-state index in [2.05, 4.69) is 50.1 Å². The Kier molecular flexibility index (Phi) is 3.68. The normalized spacial score (nSPS) is 27.0. The van der Waals surface area contributed by atoms with Crippen molar-refractivity contribution < 1.29 is 9.31 Å². The van der Waals surface area contributed by atoms with Gasteiger partial charge >= 0.3 is 7.12 Å².